The Morgan fingerprint density at radius 3 is 2.48 bits per heavy atom. The number of carbonyl (C=O) groups excluding carboxylic acids is 2. The molecule has 228 valence electrons. The van der Waals surface area contributed by atoms with Crippen molar-refractivity contribution in [1.82, 2.24) is 10.2 Å². The van der Waals surface area contributed by atoms with Gasteiger partial charge in [-0.15, -0.1) is 10.2 Å². The van der Waals surface area contributed by atoms with E-state index in [1.54, 1.807) is 42.5 Å². The fourth-order valence-corrected chi connectivity index (χ4v) is 6.75. The first kappa shape index (κ1) is 31.6. The normalized spacial score (nSPS) is 16.0. The van der Waals surface area contributed by atoms with E-state index >= 15 is 0 Å². The highest BCUT2D eigenvalue weighted by Gasteiger charge is 2.48. The van der Waals surface area contributed by atoms with Gasteiger partial charge in [-0.2, -0.15) is 0 Å². The van der Waals surface area contributed by atoms with Gasteiger partial charge in [-0.3, -0.25) is 14.5 Å². The Hall–Kier alpha value is -3.86. The van der Waals surface area contributed by atoms with Crippen LogP contribution in [0.5, 0.6) is 11.5 Å². The van der Waals surface area contributed by atoms with Crippen LogP contribution in [0.3, 0.4) is 0 Å². The molecule has 0 radical (unpaired) electrons. The van der Waals surface area contributed by atoms with Crippen molar-refractivity contribution in [3.8, 4) is 11.5 Å². The van der Waals surface area contributed by atoms with Crippen LogP contribution in [0.15, 0.2) is 82.7 Å². The minimum absolute atomic E-state index is 0.0363. The summed E-state index contributed by atoms with van der Waals surface area (Å²) >= 11 is 8.68. The molecule has 44 heavy (non-hydrogen) atoms. The molecule has 1 aliphatic heterocycles. The number of unbranched alkanes of at least 4 members (excludes halogenated alkanes) is 2. The average Bonchev–Trinajstić information content (AvgIpc) is 3.61. The number of Topliss-reactive ketones (excluding diaryl/α,β-unsaturated/α-hetero) is 1. The number of aromatic nitrogens is 2. The molecule has 1 unspecified atom stereocenters. The zero-order chi connectivity index (χ0) is 31.1. The third kappa shape index (κ3) is 7.09. The van der Waals surface area contributed by atoms with Gasteiger partial charge in [0.2, 0.25) is 5.13 Å². The standard InChI is InChI=1S/C33H32ClN3O5S2/c1-3-5-9-18-42-25-17-14-23(19-26(25)41-4-2)28-27(29(38)22-10-7-6-8-11-22)30(39)31(40)37(28)32-35-36-33(44-32)43-20-21-12-15-24(34)16-13-21/h6-8,10-17,19,28,38H,3-5,9,18,20H2,1-2H3/b29-27+. The second-order valence-electron chi connectivity index (χ2n) is 10.00. The van der Waals surface area contributed by atoms with Crippen molar-refractivity contribution in [2.75, 3.05) is 18.1 Å². The molecule has 5 rings (SSSR count). The molecule has 1 fully saturated rings. The van der Waals surface area contributed by atoms with Crippen LogP contribution in [0.2, 0.25) is 5.02 Å². The Balaban J connectivity index is 1.53. The summed E-state index contributed by atoms with van der Waals surface area (Å²) < 4.78 is 12.6. The summed E-state index contributed by atoms with van der Waals surface area (Å²) in [7, 11) is 0. The number of hydrogen-bond acceptors (Lipinski definition) is 9. The van der Waals surface area contributed by atoms with Crippen LogP contribution in [-0.4, -0.2) is 40.2 Å². The summed E-state index contributed by atoms with van der Waals surface area (Å²) in [6.07, 6.45) is 3.04. The van der Waals surface area contributed by atoms with E-state index in [2.05, 4.69) is 17.1 Å². The summed E-state index contributed by atoms with van der Waals surface area (Å²) in [4.78, 5) is 28.5. The monoisotopic (exact) mass is 649 g/mol. The zero-order valence-electron chi connectivity index (χ0n) is 24.4. The number of carbonyl (C=O) groups is 2. The van der Waals surface area contributed by atoms with E-state index < -0.39 is 17.7 Å². The van der Waals surface area contributed by atoms with E-state index in [1.807, 2.05) is 37.3 Å². The van der Waals surface area contributed by atoms with Crippen LogP contribution in [0.4, 0.5) is 5.13 Å². The average molecular weight is 650 g/mol. The molecular weight excluding hydrogens is 618 g/mol. The number of benzene rings is 3. The summed E-state index contributed by atoms with van der Waals surface area (Å²) in [5.74, 6) is -0.182. The molecule has 2 heterocycles. The number of rotatable bonds is 13. The molecule has 11 heteroatoms. The molecule has 4 aromatic rings. The maximum Gasteiger partial charge on any atom is 0.301 e. The van der Waals surface area contributed by atoms with Crippen molar-refractivity contribution < 1.29 is 24.2 Å². The first-order valence-corrected chi connectivity index (χ1v) is 16.6. The lowest BCUT2D eigenvalue weighted by molar-refractivity contribution is -0.132. The van der Waals surface area contributed by atoms with Gasteiger partial charge in [-0.05, 0) is 48.7 Å². The largest absolute Gasteiger partial charge is 0.507 e. The highest BCUT2D eigenvalue weighted by molar-refractivity contribution is 8.00. The molecule has 1 aromatic heterocycles. The third-order valence-corrected chi connectivity index (χ3v) is 9.34. The molecule has 1 N–H and O–H groups in total. The number of aliphatic hydroxyl groups is 1. The number of ketones is 1. The molecule has 1 saturated heterocycles. The van der Waals surface area contributed by atoms with Gasteiger partial charge in [0, 0.05) is 16.3 Å². The molecule has 1 amide bonds. The Labute approximate surface area is 269 Å². The van der Waals surface area contributed by atoms with Crippen LogP contribution in [0.1, 0.15) is 55.8 Å². The van der Waals surface area contributed by atoms with E-state index in [0.717, 1.165) is 24.8 Å². The van der Waals surface area contributed by atoms with E-state index in [9.17, 15) is 14.7 Å². The fraction of sp³-hybridized carbons (Fsp3) is 0.273. The first-order chi connectivity index (χ1) is 21.4. The lowest BCUT2D eigenvalue weighted by Crippen LogP contribution is -2.29. The fourth-order valence-electron chi connectivity index (χ4n) is 4.80. The Morgan fingerprint density at radius 1 is 0.977 bits per heavy atom. The van der Waals surface area contributed by atoms with Crippen LogP contribution in [0, 0.1) is 0 Å². The Kier molecular flexibility index (Phi) is 10.6. The van der Waals surface area contributed by atoms with Crippen molar-refractivity contribution in [3.63, 3.8) is 0 Å². The number of anilines is 1. The van der Waals surface area contributed by atoms with Gasteiger partial charge in [0.05, 0.1) is 24.8 Å². The molecule has 0 saturated carbocycles. The van der Waals surface area contributed by atoms with Gasteiger partial charge in [0.15, 0.2) is 15.8 Å². The van der Waals surface area contributed by atoms with E-state index in [4.69, 9.17) is 21.1 Å². The second-order valence-corrected chi connectivity index (χ2v) is 12.6. The number of halogens is 1. The number of thioether (sulfide) groups is 1. The Morgan fingerprint density at radius 2 is 1.75 bits per heavy atom. The number of aliphatic hydroxyl groups excluding tert-OH is 1. The number of nitrogens with zero attached hydrogens (tertiary/aromatic N) is 3. The zero-order valence-corrected chi connectivity index (χ0v) is 26.8. The van der Waals surface area contributed by atoms with Crippen molar-refractivity contribution in [1.29, 1.82) is 0 Å². The second kappa shape index (κ2) is 14.7. The van der Waals surface area contributed by atoms with Gasteiger partial charge < -0.3 is 14.6 Å². The van der Waals surface area contributed by atoms with E-state index in [0.29, 0.717) is 51.0 Å². The van der Waals surface area contributed by atoms with Gasteiger partial charge >= 0.3 is 5.91 Å². The van der Waals surface area contributed by atoms with E-state index in [-0.39, 0.29) is 16.5 Å². The maximum absolute atomic E-state index is 13.6. The van der Waals surface area contributed by atoms with Crippen LogP contribution < -0.4 is 14.4 Å². The molecule has 0 aliphatic carbocycles. The first-order valence-electron chi connectivity index (χ1n) is 14.4. The summed E-state index contributed by atoms with van der Waals surface area (Å²) in [5, 5.41) is 20.9. The quantitative estimate of drug-likeness (QED) is 0.0387. The van der Waals surface area contributed by atoms with Gasteiger partial charge in [0.1, 0.15) is 5.76 Å². The van der Waals surface area contributed by atoms with E-state index in [1.165, 1.54) is 28.0 Å². The third-order valence-electron chi connectivity index (χ3n) is 6.96. The predicted octanol–water partition coefficient (Wildman–Crippen LogP) is 8.08. The lowest BCUT2D eigenvalue weighted by atomic mass is 9.95. The maximum atomic E-state index is 13.6. The van der Waals surface area contributed by atoms with Gasteiger partial charge in [-0.25, -0.2) is 0 Å². The van der Waals surface area contributed by atoms with Gasteiger partial charge in [0.25, 0.3) is 5.78 Å². The van der Waals surface area contributed by atoms with Crippen molar-refractivity contribution >= 4 is 57.3 Å². The molecular formula is C33H32ClN3O5S2. The minimum atomic E-state index is -0.967. The summed E-state index contributed by atoms with van der Waals surface area (Å²) in [6.45, 7) is 4.94. The predicted molar refractivity (Wildman–Crippen MR) is 175 cm³/mol. The SMILES string of the molecule is CCCCCOc1ccc(C2/C(=C(\O)c3ccccc3)C(=O)C(=O)N2c2nnc(SCc3ccc(Cl)cc3)s2)cc1OCC. The number of hydrogen-bond donors (Lipinski definition) is 1. The van der Waals surface area contributed by atoms with Crippen molar-refractivity contribution in [3.05, 3.63) is 100 Å². The van der Waals surface area contributed by atoms with Crippen molar-refractivity contribution in [2.45, 2.75) is 49.2 Å². The smallest absolute Gasteiger partial charge is 0.301 e. The highest BCUT2D eigenvalue weighted by Crippen LogP contribution is 2.45. The lowest BCUT2D eigenvalue weighted by Gasteiger charge is -2.23. The minimum Gasteiger partial charge on any atom is -0.507 e. The number of amides is 1. The summed E-state index contributed by atoms with van der Waals surface area (Å²) in [6, 6.07) is 20.6. The molecule has 0 bridgehead atoms. The van der Waals surface area contributed by atoms with Crippen LogP contribution in [-0.2, 0) is 15.3 Å². The highest BCUT2D eigenvalue weighted by atomic mass is 35.5. The molecule has 0 spiro atoms. The molecule has 1 atom stereocenters. The van der Waals surface area contributed by atoms with Gasteiger partial charge in [-0.1, -0.05) is 103 Å². The molecule has 8 nitrogen and oxygen atoms in total. The topological polar surface area (TPSA) is 102 Å². The summed E-state index contributed by atoms with van der Waals surface area (Å²) in [5.41, 5.74) is 2.01. The number of ether oxygens (including phenoxy) is 2. The van der Waals surface area contributed by atoms with Crippen LogP contribution >= 0.6 is 34.7 Å². The van der Waals surface area contributed by atoms with Crippen molar-refractivity contribution in [2.24, 2.45) is 0 Å². The van der Waals surface area contributed by atoms with Crippen LogP contribution in [0.25, 0.3) is 5.76 Å². The molecule has 3 aromatic carbocycles. The molecule has 1 aliphatic rings. The Bertz CT molecular complexity index is 1640.